The van der Waals surface area contributed by atoms with E-state index < -0.39 is 24.9 Å². The Kier molecular flexibility index (Phi) is 4.15. The molecular formula is C11H13NO3. The van der Waals surface area contributed by atoms with Crippen molar-refractivity contribution in [1.29, 1.82) is 5.41 Å². The maximum atomic E-state index is 11.7. The topological polar surface area (TPSA) is 81.4 Å². The van der Waals surface area contributed by atoms with Crippen molar-refractivity contribution in [3.05, 3.63) is 35.9 Å². The molecule has 1 aromatic rings. The predicted molar refractivity (Wildman–Crippen MR) is 56.2 cm³/mol. The molecule has 80 valence electrons. The van der Waals surface area contributed by atoms with E-state index in [-0.39, 0.29) is 5.71 Å². The monoisotopic (exact) mass is 207 g/mol. The highest BCUT2D eigenvalue weighted by Gasteiger charge is 2.20. The number of ketones is 1. The molecule has 0 heterocycles. The lowest BCUT2D eigenvalue weighted by Crippen LogP contribution is -2.28. The second-order valence-electron chi connectivity index (χ2n) is 3.17. The van der Waals surface area contributed by atoms with Crippen LogP contribution in [0.1, 0.15) is 10.4 Å². The van der Waals surface area contributed by atoms with Gasteiger partial charge in [-0.2, -0.15) is 0 Å². The zero-order chi connectivity index (χ0) is 11.3. The smallest absolute Gasteiger partial charge is 0.206 e. The van der Waals surface area contributed by atoms with Crippen molar-refractivity contribution in [3.63, 3.8) is 0 Å². The minimum Gasteiger partial charge on any atom is -0.396 e. The third kappa shape index (κ3) is 2.71. The SMILES string of the molecule is N=C(C(=O)c1ccccc1)C(CO)CO. The van der Waals surface area contributed by atoms with Gasteiger partial charge in [-0.1, -0.05) is 30.3 Å². The normalized spacial score (nSPS) is 10.3. The molecule has 0 amide bonds. The number of carbonyl (C=O) groups excluding carboxylic acids is 1. The van der Waals surface area contributed by atoms with E-state index in [0.29, 0.717) is 5.56 Å². The van der Waals surface area contributed by atoms with Crippen LogP contribution in [0.15, 0.2) is 30.3 Å². The molecular weight excluding hydrogens is 194 g/mol. The van der Waals surface area contributed by atoms with E-state index in [2.05, 4.69) is 0 Å². The molecule has 0 saturated carbocycles. The van der Waals surface area contributed by atoms with Crippen molar-refractivity contribution < 1.29 is 15.0 Å². The number of hydrogen-bond donors (Lipinski definition) is 3. The molecule has 0 aliphatic rings. The van der Waals surface area contributed by atoms with Crippen LogP contribution in [-0.2, 0) is 0 Å². The summed E-state index contributed by atoms with van der Waals surface area (Å²) in [5.74, 6) is -1.25. The van der Waals surface area contributed by atoms with Crippen LogP contribution in [0.4, 0.5) is 0 Å². The summed E-state index contributed by atoms with van der Waals surface area (Å²) in [7, 11) is 0. The molecule has 0 aliphatic carbocycles. The van der Waals surface area contributed by atoms with Gasteiger partial charge in [-0.25, -0.2) is 0 Å². The molecule has 1 rings (SSSR count). The number of benzene rings is 1. The predicted octanol–water partition coefficient (Wildman–Crippen LogP) is 0.490. The Morgan fingerprint density at radius 3 is 2.20 bits per heavy atom. The highest BCUT2D eigenvalue weighted by molar-refractivity contribution is 6.45. The highest BCUT2D eigenvalue weighted by Crippen LogP contribution is 2.06. The van der Waals surface area contributed by atoms with E-state index in [9.17, 15) is 4.79 Å². The second-order valence-corrected chi connectivity index (χ2v) is 3.17. The van der Waals surface area contributed by atoms with Gasteiger partial charge in [0, 0.05) is 5.56 Å². The molecule has 0 saturated heterocycles. The molecule has 0 aliphatic heterocycles. The molecule has 3 N–H and O–H groups in total. The minimum atomic E-state index is -0.794. The molecule has 0 atom stereocenters. The molecule has 1 aromatic carbocycles. The molecule has 0 fully saturated rings. The van der Waals surface area contributed by atoms with Crippen molar-refractivity contribution in [2.75, 3.05) is 13.2 Å². The van der Waals surface area contributed by atoms with Gasteiger partial charge in [0.25, 0.3) is 0 Å². The lowest BCUT2D eigenvalue weighted by Gasteiger charge is -2.11. The Morgan fingerprint density at radius 1 is 1.20 bits per heavy atom. The van der Waals surface area contributed by atoms with Crippen LogP contribution in [0.5, 0.6) is 0 Å². The van der Waals surface area contributed by atoms with E-state index in [4.69, 9.17) is 15.6 Å². The van der Waals surface area contributed by atoms with Crippen molar-refractivity contribution in [1.82, 2.24) is 0 Å². The summed E-state index contributed by atoms with van der Waals surface area (Å²) in [6, 6.07) is 8.38. The van der Waals surface area contributed by atoms with Gasteiger partial charge < -0.3 is 15.6 Å². The Labute approximate surface area is 87.7 Å². The molecule has 0 spiro atoms. The summed E-state index contributed by atoms with van der Waals surface area (Å²) in [5.41, 5.74) is 0.139. The minimum absolute atomic E-state index is 0.258. The van der Waals surface area contributed by atoms with Gasteiger partial charge in [0.15, 0.2) is 0 Å². The third-order valence-corrected chi connectivity index (χ3v) is 2.13. The maximum Gasteiger partial charge on any atom is 0.206 e. The first kappa shape index (κ1) is 11.6. The zero-order valence-corrected chi connectivity index (χ0v) is 8.18. The Balaban J connectivity index is 2.82. The summed E-state index contributed by atoms with van der Waals surface area (Å²) in [6.45, 7) is -0.790. The first-order valence-electron chi connectivity index (χ1n) is 4.60. The fourth-order valence-corrected chi connectivity index (χ4v) is 1.17. The summed E-state index contributed by atoms with van der Waals surface area (Å²) in [5, 5.41) is 25.2. The van der Waals surface area contributed by atoms with Gasteiger partial charge >= 0.3 is 0 Å². The van der Waals surface area contributed by atoms with Crippen molar-refractivity contribution in [2.24, 2.45) is 5.92 Å². The van der Waals surface area contributed by atoms with Gasteiger partial charge in [0.05, 0.1) is 24.8 Å². The van der Waals surface area contributed by atoms with E-state index in [0.717, 1.165) is 0 Å². The third-order valence-electron chi connectivity index (χ3n) is 2.13. The molecule has 0 aromatic heterocycles. The second kappa shape index (κ2) is 5.38. The van der Waals surface area contributed by atoms with E-state index >= 15 is 0 Å². The number of Topliss-reactive ketones (excluding diaryl/α,β-unsaturated/α-hetero) is 1. The molecule has 4 nitrogen and oxygen atoms in total. The van der Waals surface area contributed by atoms with Gasteiger partial charge in [-0.3, -0.25) is 4.79 Å². The Bertz CT molecular complexity index is 344. The van der Waals surface area contributed by atoms with Crippen molar-refractivity contribution in [3.8, 4) is 0 Å². The largest absolute Gasteiger partial charge is 0.396 e. The van der Waals surface area contributed by atoms with Gasteiger partial charge in [-0.05, 0) is 0 Å². The van der Waals surface area contributed by atoms with E-state index in [1.807, 2.05) is 0 Å². The summed E-state index contributed by atoms with van der Waals surface area (Å²) < 4.78 is 0. The molecule has 0 radical (unpaired) electrons. The number of aliphatic hydroxyl groups is 2. The van der Waals surface area contributed by atoms with Gasteiger partial charge in [0.1, 0.15) is 0 Å². The average Bonchev–Trinajstić information content (AvgIpc) is 2.30. The number of nitrogens with one attached hydrogen (secondary N) is 1. The fraction of sp³-hybridized carbons (Fsp3) is 0.273. The number of aliphatic hydroxyl groups excluding tert-OH is 2. The van der Waals surface area contributed by atoms with Crippen LogP contribution in [0.25, 0.3) is 0 Å². The van der Waals surface area contributed by atoms with Crippen LogP contribution >= 0.6 is 0 Å². The highest BCUT2D eigenvalue weighted by atomic mass is 16.3. The van der Waals surface area contributed by atoms with Gasteiger partial charge in [0.2, 0.25) is 5.78 Å². The van der Waals surface area contributed by atoms with Crippen LogP contribution in [0.2, 0.25) is 0 Å². The first-order chi connectivity index (χ1) is 7.20. The fourth-order valence-electron chi connectivity index (χ4n) is 1.17. The van der Waals surface area contributed by atoms with Crippen LogP contribution in [-0.4, -0.2) is 34.9 Å². The van der Waals surface area contributed by atoms with E-state index in [1.54, 1.807) is 30.3 Å². The molecule has 4 heteroatoms. The van der Waals surface area contributed by atoms with Crippen molar-refractivity contribution in [2.45, 2.75) is 0 Å². The first-order valence-corrected chi connectivity index (χ1v) is 4.60. The molecule has 15 heavy (non-hydrogen) atoms. The summed E-state index contributed by atoms with van der Waals surface area (Å²) in [6.07, 6.45) is 0. The average molecular weight is 207 g/mol. The molecule has 0 unspecified atom stereocenters. The van der Waals surface area contributed by atoms with Crippen LogP contribution < -0.4 is 0 Å². The number of carbonyl (C=O) groups is 1. The van der Waals surface area contributed by atoms with Crippen molar-refractivity contribution >= 4 is 11.5 Å². The van der Waals surface area contributed by atoms with Crippen LogP contribution in [0, 0.1) is 11.3 Å². The lowest BCUT2D eigenvalue weighted by molar-refractivity contribution is 0.104. The Morgan fingerprint density at radius 2 is 1.73 bits per heavy atom. The summed E-state index contributed by atoms with van der Waals surface area (Å²) in [4.78, 5) is 11.7. The Hall–Kier alpha value is -1.52. The number of rotatable bonds is 5. The summed E-state index contributed by atoms with van der Waals surface area (Å²) >= 11 is 0. The zero-order valence-electron chi connectivity index (χ0n) is 8.18. The lowest BCUT2D eigenvalue weighted by atomic mass is 9.97. The quantitative estimate of drug-likeness (QED) is 0.485. The number of hydrogen-bond acceptors (Lipinski definition) is 4. The van der Waals surface area contributed by atoms with Gasteiger partial charge in [-0.15, -0.1) is 0 Å². The standard InChI is InChI=1S/C11H13NO3/c12-10(9(6-13)7-14)11(15)8-4-2-1-3-5-8/h1-5,9,12-14H,6-7H2. The van der Waals surface area contributed by atoms with Crippen LogP contribution in [0.3, 0.4) is 0 Å². The maximum absolute atomic E-state index is 11.7. The molecule has 0 bridgehead atoms. The van der Waals surface area contributed by atoms with E-state index in [1.165, 1.54) is 0 Å².